The number of fused-ring (bicyclic) bond motifs is 1. The van der Waals surface area contributed by atoms with E-state index in [4.69, 9.17) is 12.6 Å². The fourth-order valence-electron chi connectivity index (χ4n) is 3.61. The van der Waals surface area contributed by atoms with Crippen LogP contribution < -0.4 is 10.2 Å². The normalized spacial score (nSPS) is 12.5. The summed E-state index contributed by atoms with van der Waals surface area (Å²) in [6.07, 6.45) is 0. The van der Waals surface area contributed by atoms with Gasteiger partial charge in [0, 0.05) is 23.9 Å². The van der Waals surface area contributed by atoms with Gasteiger partial charge in [-0.05, 0) is 48.9 Å². The quantitative estimate of drug-likeness (QED) is 0.284. The molecule has 0 bridgehead atoms. The molecule has 13 heteroatoms. The Balaban J connectivity index is 0.000000840. The van der Waals surface area contributed by atoms with Gasteiger partial charge in [-0.2, -0.15) is 8.42 Å². The van der Waals surface area contributed by atoms with Crippen molar-refractivity contribution >= 4 is 49.7 Å². The largest absolute Gasteiger partial charge is 0.425 e. The highest BCUT2D eigenvalue weighted by Gasteiger charge is 2.37. The molecule has 186 valence electrons. The molecule has 36 heavy (non-hydrogen) atoms. The van der Waals surface area contributed by atoms with Gasteiger partial charge in [-0.1, -0.05) is 24.3 Å². The molecule has 3 aromatic rings. The number of benzene rings is 3. The Bertz CT molecular complexity index is 1610. The van der Waals surface area contributed by atoms with E-state index in [0.717, 1.165) is 16.7 Å². The SMILES string of the molecule is CNc1ccc(-c2ccc(N3C(=O)c4ccc(C(C)=O)cc4C3=O)cc2S(=O)(=O)O)cc1.O=S(=O)=O. The number of ketones is 1. The minimum Gasteiger partial charge on any atom is -0.388 e. The molecule has 4 rings (SSSR count). The maximum Gasteiger partial charge on any atom is 0.425 e. The van der Waals surface area contributed by atoms with Gasteiger partial charge in [0.25, 0.3) is 21.9 Å². The Hall–Kier alpha value is -4.20. The number of hydrogen-bond acceptors (Lipinski definition) is 9. The molecule has 2 amide bonds. The number of nitrogens with zero attached hydrogens (tertiary/aromatic N) is 1. The summed E-state index contributed by atoms with van der Waals surface area (Å²) in [5, 5.41) is 2.96. The molecule has 0 saturated carbocycles. The predicted octanol–water partition coefficient (Wildman–Crippen LogP) is 2.64. The van der Waals surface area contributed by atoms with Crippen molar-refractivity contribution in [3.8, 4) is 11.1 Å². The monoisotopic (exact) mass is 530 g/mol. The van der Waals surface area contributed by atoms with Crippen LogP contribution in [0, 0.1) is 0 Å². The van der Waals surface area contributed by atoms with Gasteiger partial charge in [0.1, 0.15) is 4.90 Å². The third-order valence-corrected chi connectivity index (χ3v) is 6.17. The summed E-state index contributed by atoms with van der Waals surface area (Å²) in [7, 11) is -6.05. The van der Waals surface area contributed by atoms with E-state index in [0.29, 0.717) is 5.56 Å². The number of nitrogens with one attached hydrogen (secondary N) is 1. The van der Waals surface area contributed by atoms with Crippen LogP contribution in [0.4, 0.5) is 11.4 Å². The molecular weight excluding hydrogens is 512 g/mol. The Morgan fingerprint density at radius 3 is 1.94 bits per heavy atom. The van der Waals surface area contributed by atoms with Crippen LogP contribution in [0.2, 0.25) is 0 Å². The predicted molar refractivity (Wildman–Crippen MR) is 129 cm³/mol. The summed E-state index contributed by atoms with van der Waals surface area (Å²) in [6, 6.07) is 15.0. The highest BCUT2D eigenvalue weighted by atomic mass is 32.2. The number of imide groups is 1. The molecule has 11 nitrogen and oxygen atoms in total. The summed E-state index contributed by atoms with van der Waals surface area (Å²) in [5.74, 6) is -1.58. The van der Waals surface area contributed by atoms with Crippen LogP contribution in [0.5, 0.6) is 0 Å². The molecular formula is C23H18N2O9S2. The highest BCUT2D eigenvalue weighted by Crippen LogP contribution is 2.35. The number of carbonyl (C=O) groups is 3. The first kappa shape index (κ1) is 26.4. The second-order valence-electron chi connectivity index (χ2n) is 7.45. The molecule has 0 spiro atoms. The summed E-state index contributed by atoms with van der Waals surface area (Å²) < 4.78 is 59.4. The third kappa shape index (κ3) is 5.38. The summed E-state index contributed by atoms with van der Waals surface area (Å²) >= 11 is 0. The van der Waals surface area contributed by atoms with Gasteiger partial charge >= 0.3 is 10.6 Å². The first-order valence-corrected chi connectivity index (χ1v) is 12.5. The molecule has 1 heterocycles. The van der Waals surface area contributed by atoms with E-state index in [9.17, 15) is 27.4 Å². The van der Waals surface area contributed by atoms with Crippen LogP contribution in [0.1, 0.15) is 38.0 Å². The number of amides is 2. The lowest BCUT2D eigenvalue weighted by molar-refractivity contribution is 0.0925. The van der Waals surface area contributed by atoms with E-state index in [1.165, 1.54) is 37.3 Å². The number of Topliss-reactive ketones (excluding diaryl/α,β-unsaturated/α-hetero) is 1. The maximum absolute atomic E-state index is 12.9. The molecule has 0 atom stereocenters. The summed E-state index contributed by atoms with van der Waals surface area (Å²) in [5.41, 5.74) is 2.00. The van der Waals surface area contributed by atoms with Gasteiger partial charge < -0.3 is 5.32 Å². The van der Waals surface area contributed by atoms with E-state index < -0.39 is 37.4 Å². The first-order chi connectivity index (χ1) is 16.8. The van der Waals surface area contributed by atoms with Crippen molar-refractivity contribution in [2.45, 2.75) is 11.8 Å². The zero-order valence-electron chi connectivity index (χ0n) is 18.8. The van der Waals surface area contributed by atoms with Crippen molar-refractivity contribution in [2.75, 3.05) is 17.3 Å². The fraction of sp³-hybridized carbons (Fsp3) is 0.0870. The standard InChI is InChI=1S/C23H18N2O6S.O3S/c1-13(26)15-5-9-19-20(11-15)23(28)25(22(19)27)17-8-10-18(21(12-17)32(29,30)31)14-3-6-16(24-2)7-4-14;1-4(2)3/h3-12,24H,1-2H3,(H,29,30,31);. The molecule has 1 aliphatic heterocycles. The van der Waals surface area contributed by atoms with Crippen LogP contribution in [0.15, 0.2) is 65.6 Å². The number of carbonyl (C=O) groups excluding carboxylic acids is 3. The van der Waals surface area contributed by atoms with E-state index in [-0.39, 0.29) is 33.7 Å². The van der Waals surface area contributed by atoms with Crippen molar-refractivity contribution in [3.63, 3.8) is 0 Å². The average molecular weight is 531 g/mol. The van der Waals surface area contributed by atoms with Crippen molar-refractivity contribution in [2.24, 2.45) is 0 Å². The fourth-order valence-corrected chi connectivity index (χ4v) is 4.35. The summed E-state index contributed by atoms with van der Waals surface area (Å²) in [6.45, 7) is 1.35. The van der Waals surface area contributed by atoms with Crippen LogP contribution in [0.25, 0.3) is 11.1 Å². The highest BCUT2D eigenvalue weighted by molar-refractivity contribution is 7.86. The van der Waals surface area contributed by atoms with Gasteiger partial charge in [-0.15, -0.1) is 12.6 Å². The van der Waals surface area contributed by atoms with Crippen LogP contribution >= 0.6 is 0 Å². The number of hydrogen-bond donors (Lipinski definition) is 2. The lowest BCUT2D eigenvalue weighted by atomic mass is 10.0. The second kappa shape index (κ2) is 10.2. The van der Waals surface area contributed by atoms with E-state index in [1.54, 1.807) is 31.3 Å². The Kier molecular flexibility index (Phi) is 7.48. The molecule has 0 unspecified atom stereocenters. The maximum atomic E-state index is 12.9. The van der Waals surface area contributed by atoms with E-state index in [1.807, 2.05) is 0 Å². The molecule has 1 aliphatic rings. The van der Waals surface area contributed by atoms with Gasteiger partial charge in [-0.3, -0.25) is 18.9 Å². The van der Waals surface area contributed by atoms with E-state index in [2.05, 4.69) is 5.32 Å². The third-order valence-electron chi connectivity index (χ3n) is 5.28. The number of anilines is 2. The Labute approximate surface area is 207 Å². The Morgan fingerprint density at radius 1 is 0.861 bits per heavy atom. The van der Waals surface area contributed by atoms with Crippen LogP contribution in [-0.4, -0.2) is 50.2 Å². The molecule has 0 aliphatic carbocycles. The van der Waals surface area contributed by atoms with Gasteiger partial charge in [0.2, 0.25) is 0 Å². The topological polar surface area (TPSA) is 172 Å². The van der Waals surface area contributed by atoms with Crippen molar-refractivity contribution < 1.29 is 40.0 Å². The van der Waals surface area contributed by atoms with Crippen LogP contribution in [-0.2, 0) is 20.7 Å². The minimum atomic E-state index is -4.68. The molecule has 3 aromatic carbocycles. The molecule has 0 aromatic heterocycles. The van der Waals surface area contributed by atoms with Crippen molar-refractivity contribution in [3.05, 3.63) is 77.4 Å². The molecule has 0 radical (unpaired) electrons. The minimum absolute atomic E-state index is 0.0104. The zero-order chi connectivity index (χ0) is 26.8. The number of rotatable bonds is 5. The van der Waals surface area contributed by atoms with Gasteiger partial charge in [-0.25, -0.2) is 4.90 Å². The second-order valence-corrected chi connectivity index (χ2v) is 9.25. The van der Waals surface area contributed by atoms with Gasteiger partial charge in [0.05, 0.1) is 16.8 Å². The van der Waals surface area contributed by atoms with E-state index >= 15 is 0 Å². The lowest BCUT2D eigenvalue weighted by Crippen LogP contribution is -2.29. The van der Waals surface area contributed by atoms with Crippen molar-refractivity contribution in [1.82, 2.24) is 0 Å². The molecule has 0 fully saturated rings. The average Bonchev–Trinajstić information content (AvgIpc) is 3.07. The van der Waals surface area contributed by atoms with Crippen LogP contribution in [0.3, 0.4) is 0 Å². The Morgan fingerprint density at radius 2 is 1.42 bits per heavy atom. The molecule has 0 saturated heterocycles. The first-order valence-electron chi connectivity index (χ1n) is 10.1. The lowest BCUT2D eigenvalue weighted by Gasteiger charge is -2.17. The molecule has 2 N–H and O–H groups in total. The van der Waals surface area contributed by atoms with Gasteiger partial charge in [0.15, 0.2) is 5.78 Å². The smallest absolute Gasteiger partial charge is 0.388 e. The summed E-state index contributed by atoms with van der Waals surface area (Å²) in [4.78, 5) is 37.9. The van der Waals surface area contributed by atoms with Crippen molar-refractivity contribution in [1.29, 1.82) is 0 Å². The zero-order valence-corrected chi connectivity index (χ0v) is 20.4.